The van der Waals surface area contributed by atoms with Crippen molar-refractivity contribution in [3.63, 3.8) is 0 Å². The van der Waals surface area contributed by atoms with Crippen LogP contribution in [0.15, 0.2) is 47.4 Å². The maximum Gasteiger partial charge on any atom is 0.216 e. The summed E-state index contributed by atoms with van der Waals surface area (Å²) >= 11 is 0. The summed E-state index contributed by atoms with van der Waals surface area (Å²) in [6.07, 6.45) is 4.85. The van der Waals surface area contributed by atoms with Crippen molar-refractivity contribution in [3.8, 4) is 0 Å². The van der Waals surface area contributed by atoms with Crippen molar-refractivity contribution >= 4 is 17.2 Å². The number of ether oxygens (including phenoxy) is 1. The Bertz CT molecular complexity index is 679. The minimum atomic E-state index is 0.674. The number of aliphatic imine (C=N–C) groups is 1. The standard InChI is InChI=1S/C17H21N5O/c1-3-13-11-14(4-1)19-8-7-18-6-2-10-23-16-5-9-22-17(21-16)15(13)12-20-22/h1,3-5,9,11,18-20H,2,6-8,10,12H2. The van der Waals surface area contributed by atoms with Crippen molar-refractivity contribution in [1.82, 2.24) is 15.8 Å². The fourth-order valence-electron chi connectivity index (χ4n) is 2.91. The van der Waals surface area contributed by atoms with Crippen LogP contribution in [-0.2, 0) is 4.74 Å². The van der Waals surface area contributed by atoms with Crippen molar-refractivity contribution in [1.29, 1.82) is 0 Å². The molecule has 4 rings (SSSR count). The predicted octanol–water partition coefficient (Wildman–Crippen LogP) is 1.52. The van der Waals surface area contributed by atoms with Gasteiger partial charge in [-0.1, -0.05) is 12.1 Å². The van der Waals surface area contributed by atoms with Crippen LogP contribution in [0.4, 0.5) is 5.69 Å². The van der Waals surface area contributed by atoms with E-state index in [0.29, 0.717) is 12.5 Å². The SMILES string of the molecule is C1=CN2NCC3=C2N=C1OCCCNCCNc1cccc3c1. The number of nitrogens with zero attached hydrogens (tertiary/aromatic N) is 2. The van der Waals surface area contributed by atoms with Crippen LogP contribution in [0.3, 0.4) is 0 Å². The molecule has 0 saturated carbocycles. The largest absolute Gasteiger partial charge is 0.478 e. The second-order valence-electron chi connectivity index (χ2n) is 5.73. The minimum Gasteiger partial charge on any atom is -0.478 e. The van der Waals surface area contributed by atoms with Gasteiger partial charge in [-0.25, -0.2) is 5.43 Å². The first kappa shape index (κ1) is 14.3. The molecule has 0 spiro atoms. The third kappa shape index (κ3) is 3.09. The number of anilines is 1. The first-order valence-corrected chi connectivity index (χ1v) is 8.11. The topological polar surface area (TPSA) is 60.9 Å². The van der Waals surface area contributed by atoms with Gasteiger partial charge < -0.3 is 15.4 Å². The third-order valence-corrected chi connectivity index (χ3v) is 4.10. The van der Waals surface area contributed by atoms with Crippen LogP contribution in [0.1, 0.15) is 12.0 Å². The Balaban J connectivity index is 1.70. The van der Waals surface area contributed by atoms with Gasteiger partial charge in [0.1, 0.15) is 0 Å². The maximum atomic E-state index is 5.79. The van der Waals surface area contributed by atoms with Gasteiger partial charge in [-0.2, -0.15) is 4.99 Å². The van der Waals surface area contributed by atoms with Crippen LogP contribution in [-0.4, -0.2) is 43.7 Å². The van der Waals surface area contributed by atoms with Gasteiger partial charge in [-0.05, 0) is 30.7 Å². The lowest BCUT2D eigenvalue weighted by Crippen LogP contribution is -2.29. The number of hydrogen-bond acceptors (Lipinski definition) is 6. The van der Waals surface area contributed by atoms with Crippen molar-refractivity contribution in [3.05, 3.63) is 47.9 Å². The van der Waals surface area contributed by atoms with Gasteiger partial charge in [0.15, 0.2) is 5.82 Å². The van der Waals surface area contributed by atoms with Crippen molar-refractivity contribution in [2.75, 3.05) is 38.1 Å². The maximum absolute atomic E-state index is 5.79. The molecule has 6 heteroatoms. The molecule has 4 bridgehead atoms. The zero-order valence-electron chi connectivity index (χ0n) is 13.0. The summed E-state index contributed by atoms with van der Waals surface area (Å²) in [5.41, 5.74) is 6.84. The molecular weight excluding hydrogens is 290 g/mol. The van der Waals surface area contributed by atoms with E-state index < -0.39 is 0 Å². The summed E-state index contributed by atoms with van der Waals surface area (Å²) in [7, 11) is 0. The highest BCUT2D eigenvalue weighted by Crippen LogP contribution is 2.29. The van der Waals surface area contributed by atoms with E-state index in [0.717, 1.165) is 44.1 Å². The first-order chi connectivity index (χ1) is 11.4. The van der Waals surface area contributed by atoms with Crippen LogP contribution in [0.2, 0.25) is 0 Å². The normalized spacial score (nSPS) is 21.0. The van der Waals surface area contributed by atoms with E-state index in [4.69, 9.17) is 4.74 Å². The first-order valence-electron chi connectivity index (χ1n) is 8.11. The summed E-state index contributed by atoms with van der Waals surface area (Å²) in [6.45, 7) is 4.23. The molecule has 0 amide bonds. The lowest BCUT2D eigenvalue weighted by Gasteiger charge is -2.19. The zero-order chi connectivity index (χ0) is 15.5. The molecule has 0 fully saturated rings. The summed E-state index contributed by atoms with van der Waals surface area (Å²) in [5.74, 6) is 1.61. The Kier molecular flexibility index (Phi) is 4.00. The molecule has 0 saturated heterocycles. The van der Waals surface area contributed by atoms with E-state index in [-0.39, 0.29) is 0 Å². The predicted molar refractivity (Wildman–Crippen MR) is 91.7 cm³/mol. The van der Waals surface area contributed by atoms with Crippen LogP contribution in [0, 0.1) is 0 Å². The molecule has 120 valence electrons. The molecular formula is C17H21N5O. The van der Waals surface area contributed by atoms with E-state index in [1.54, 1.807) is 0 Å². The summed E-state index contributed by atoms with van der Waals surface area (Å²) in [4.78, 5) is 4.68. The van der Waals surface area contributed by atoms with E-state index in [9.17, 15) is 0 Å². The fraction of sp³-hybridized carbons (Fsp3) is 0.353. The second kappa shape index (κ2) is 6.44. The van der Waals surface area contributed by atoms with Gasteiger partial charge in [0.25, 0.3) is 0 Å². The quantitative estimate of drug-likeness (QED) is 0.678. The smallest absolute Gasteiger partial charge is 0.216 e. The lowest BCUT2D eigenvalue weighted by molar-refractivity contribution is 0.291. The highest BCUT2D eigenvalue weighted by atomic mass is 16.5. The molecule has 3 heterocycles. The van der Waals surface area contributed by atoms with E-state index >= 15 is 0 Å². The highest BCUT2D eigenvalue weighted by Gasteiger charge is 2.24. The summed E-state index contributed by atoms with van der Waals surface area (Å²) in [6, 6.07) is 8.50. The highest BCUT2D eigenvalue weighted by molar-refractivity contribution is 5.91. The second-order valence-corrected chi connectivity index (χ2v) is 5.73. The van der Waals surface area contributed by atoms with Gasteiger partial charge >= 0.3 is 0 Å². The van der Waals surface area contributed by atoms with E-state index in [2.05, 4.69) is 45.3 Å². The minimum absolute atomic E-state index is 0.674. The number of hydrazine groups is 1. The zero-order valence-corrected chi connectivity index (χ0v) is 13.0. The molecule has 1 aromatic rings. The van der Waals surface area contributed by atoms with Crippen LogP contribution in [0.5, 0.6) is 0 Å². The average molecular weight is 311 g/mol. The van der Waals surface area contributed by atoms with Gasteiger partial charge in [-0.3, -0.25) is 5.01 Å². The monoisotopic (exact) mass is 311 g/mol. The Labute approximate surface area is 135 Å². The third-order valence-electron chi connectivity index (χ3n) is 4.10. The molecule has 1 aromatic carbocycles. The average Bonchev–Trinajstić information content (AvgIpc) is 3.00. The Morgan fingerprint density at radius 2 is 2.17 bits per heavy atom. The van der Waals surface area contributed by atoms with Gasteiger partial charge in [0.05, 0.1) is 6.61 Å². The Morgan fingerprint density at radius 3 is 3.17 bits per heavy atom. The molecule has 3 N–H and O–H groups in total. The molecule has 6 nitrogen and oxygen atoms in total. The number of rotatable bonds is 0. The van der Waals surface area contributed by atoms with Crippen molar-refractivity contribution in [2.45, 2.75) is 6.42 Å². The number of hydrogen-bond donors (Lipinski definition) is 3. The number of benzene rings is 1. The molecule has 0 aromatic heterocycles. The fourth-order valence-corrected chi connectivity index (χ4v) is 2.91. The molecule has 0 unspecified atom stereocenters. The summed E-state index contributed by atoms with van der Waals surface area (Å²) in [5, 5.41) is 8.84. The van der Waals surface area contributed by atoms with Crippen LogP contribution in [0.25, 0.3) is 5.57 Å². The van der Waals surface area contributed by atoms with Crippen LogP contribution < -0.4 is 16.1 Å². The van der Waals surface area contributed by atoms with E-state index in [1.807, 2.05) is 17.3 Å². The molecule has 0 atom stereocenters. The van der Waals surface area contributed by atoms with Gasteiger partial charge in [0, 0.05) is 43.2 Å². The Hall–Kier alpha value is -2.31. The Morgan fingerprint density at radius 1 is 1.17 bits per heavy atom. The lowest BCUT2D eigenvalue weighted by atomic mass is 10.1. The summed E-state index contributed by atoms with van der Waals surface area (Å²) < 4.78 is 5.79. The molecule has 23 heavy (non-hydrogen) atoms. The van der Waals surface area contributed by atoms with Gasteiger partial charge in [0.2, 0.25) is 5.90 Å². The van der Waals surface area contributed by atoms with Crippen molar-refractivity contribution < 1.29 is 4.74 Å². The number of nitrogens with one attached hydrogen (secondary N) is 3. The molecule has 3 aliphatic rings. The van der Waals surface area contributed by atoms with Crippen molar-refractivity contribution in [2.24, 2.45) is 4.99 Å². The van der Waals surface area contributed by atoms with Crippen LogP contribution >= 0.6 is 0 Å². The van der Waals surface area contributed by atoms with E-state index in [1.165, 1.54) is 11.1 Å². The molecule has 0 aliphatic carbocycles. The number of fused-ring (bicyclic) bond motifs is 3. The molecule has 0 radical (unpaired) electrons. The van der Waals surface area contributed by atoms with Gasteiger partial charge in [-0.15, -0.1) is 0 Å². The molecule has 3 aliphatic heterocycles.